The van der Waals surface area contributed by atoms with Crippen molar-refractivity contribution in [1.82, 2.24) is 9.97 Å². The normalized spacial score (nSPS) is 14.1. The van der Waals surface area contributed by atoms with Crippen molar-refractivity contribution < 1.29 is 27.0 Å². The molecule has 2 N–H and O–H groups in total. The van der Waals surface area contributed by atoms with Gasteiger partial charge in [-0.2, -0.15) is 43.3 Å². The Bertz CT molecular complexity index is 1580. The minimum absolute atomic E-state index is 0.0116. The summed E-state index contributed by atoms with van der Waals surface area (Å²) >= 11 is 0. The fraction of sp³-hybridized carbons (Fsp3) is 0.0417. The van der Waals surface area contributed by atoms with Gasteiger partial charge in [-0.25, -0.2) is 0 Å². The molecule has 0 unspecified atom stereocenters. The zero-order valence-corrected chi connectivity index (χ0v) is 18.4. The topological polar surface area (TPSA) is 140 Å². The number of ether oxygens (including phenoxy) is 2. The first kappa shape index (κ1) is 23.1. The minimum atomic E-state index is -1.17. The molecule has 2 aliphatic rings. The fourth-order valence-electron chi connectivity index (χ4n) is 3.86. The van der Waals surface area contributed by atoms with E-state index in [0.29, 0.717) is 0 Å². The average Bonchev–Trinajstić information content (AvgIpc) is 3.46. The van der Waals surface area contributed by atoms with Crippen LogP contribution in [0.1, 0.15) is 6.92 Å². The van der Waals surface area contributed by atoms with Crippen LogP contribution < -0.4 is 20.1 Å². The number of allylic oxidation sites excluding steroid dienone is 2. The van der Waals surface area contributed by atoms with Crippen LogP contribution in [0.25, 0.3) is 22.3 Å². The van der Waals surface area contributed by atoms with Gasteiger partial charge in [0.15, 0.2) is 17.1 Å². The molecule has 9 nitrogen and oxygen atoms in total. The zero-order chi connectivity index (χ0) is 26.4. The SMILES string of the molecule is C/C(C#N)=C1\Nc2c(c(-c3cc(F)nc(F)c3)c3c(c2-c2cc(F)nc(F)c2)OC(=C(C#N)C#N)N3)O1. The second kappa shape index (κ2) is 8.56. The Balaban J connectivity index is 1.93. The van der Waals surface area contributed by atoms with Crippen LogP contribution in [0, 0.1) is 57.8 Å². The van der Waals surface area contributed by atoms with E-state index < -0.39 is 29.4 Å². The highest BCUT2D eigenvalue weighted by atomic mass is 19.1. The summed E-state index contributed by atoms with van der Waals surface area (Å²) in [4.78, 5) is 6.16. The van der Waals surface area contributed by atoms with E-state index in [-0.39, 0.29) is 62.5 Å². The number of nitrogens with one attached hydrogen (secondary N) is 2. The van der Waals surface area contributed by atoms with Crippen molar-refractivity contribution in [3.05, 3.63) is 71.0 Å². The monoisotopic (exact) mass is 503 g/mol. The maximum atomic E-state index is 14.1. The third-order valence-corrected chi connectivity index (χ3v) is 5.36. The van der Waals surface area contributed by atoms with Crippen molar-refractivity contribution in [1.29, 1.82) is 15.8 Å². The number of halogens is 4. The molecule has 0 aliphatic carbocycles. The van der Waals surface area contributed by atoms with E-state index in [0.717, 1.165) is 24.3 Å². The van der Waals surface area contributed by atoms with Gasteiger partial charge in [-0.1, -0.05) is 0 Å². The summed E-state index contributed by atoms with van der Waals surface area (Å²) in [5.41, 5.74) is -0.625. The van der Waals surface area contributed by atoms with Crippen LogP contribution in [0.2, 0.25) is 0 Å². The minimum Gasteiger partial charge on any atom is -0.437 e. The molecule has 0 atom stereocenters. The number of nitrogens with zero attached hydrogens (tertiary/aromatic N) is 5. The molecule has 4 heterocycles. The largest absolute Gasteiger partial charge is 0.437 e. The molecule has 2 aromatic heterocycles. The molecule has 37 heavy (non-hydrogen) atoms. The predicted molar refractivity (Wildman–Crippen MR) is 118 cm³/mol. The van der Waals surface area contributed by atoms with Gasteiger partial charge in [0.2, 0.25) is 35.6 Å². The molecule has 0 amide bonds. The lowest BCUT2D eigenvalue weighted by molar-refractivity contribution is 0.451. The Morgan fingerprint density at radius 2 is 1.11 bits per heavy atom. The Morgan fingerprint density at radius 1 is 0.703 bits per heavy atom. The van der Waals surface area contributed by atoms with E-state index in [1.807, 2.05) is 6.07 Å². The molecule has 1 aromatic carbocycles. The highest BCUT2D eigenvalue weighted by molar-refractivity contribution is 6.05. The lowest BCUT2D eigenvalue weighted by Crippen LogP contribution is -2.02. The predicted octanol–water partition coefficient (Wildman–Crippen LogP) is 4.99. The molecule has 0 radical (unpaired) electrons. The van der Waals surface area contributed by atoms with Crippen molar-refractivity contribution in [2.45, 2.75) is 6.92 Å². The van der Waals surface area contributed by atoms with Crippen molar-refractivity contribution in [2.24, 2.45) is 0 Å². The molecule has 5 rings (SSSR count). The maximum Gasteiger partial charge on any atom is 0.226 e. The number of pyridine rings is 2. The van der Waals surface area contributed by atoms with E-state index in [9.17, 15) is 33.3 Å². The van der Waals surface area contributed by atoms with Crippen molar-refractivity contribution in [3.63, 3.8) is 0 Å². The Hall–Kier alpha value is -5.61. The molecule has 0 bridgehead atoms. The number of hydrogen-bond acceptors (Lipinski definition) is 9. The van der Waals surface area contributed by atoms with E-state index in [1.165, 1.54) is 6.92 Å². The number of fused-ring (bicyclic) bond motifs is 2. The lowest BCUT2D eigenvalue weighted by Gasteiger charge is -2.16. The van der Waals surface area contributed by atoms with Crippen LogP contribution in [0.15, 0.2) is 47.2 Å². The molecule has 180 valence electrons. The van der Waals surface area contributed by atoms with Crippen LogP contribution >= 0.6 is 0 Å². The van der Waals surface area contributed by atoms with Crippen molar-refractivity contribution >= 4 is 11.4 Å². The van der Waals surface area contributed by atoms with Gasteiger partial charge in [0.1, 0.15) is 12.1 Å². The van der Waals surface area contributed by atoms with Gasteiger partial charge < -0.3 is 20.1 Å². The molecular formula is C24H9F4N7O2. The van der Waals surface area contributed by atoms with Crippen LogP contribution in [-0.2, 0) is 0 Å². The second-order valence-electron chi connectivity index (χ2n) is 7.61. The number of benzene rings is 1. The summed E-state index contributed by atoms with van der Waals surface area (Å²) in [5.74, 6) is -5.30. The van der Waals surface area contributed by atoms with E-state index in [4.69, 9.17) is 9.47 Å². The van der Waals surface area contributed by atoms with Crippen LogP contribution in [-0.4, -0.2) is 9.97 Å². The zero-order valence-electron chi connectivity index (χ0n) is 18.4. The van der Waals surface area contributed by atoms with E-state index in [1.54, 1.807) is 12.1 Å². The van der Waals surface area contributed by atoms with Gasteiger partial charge in [0, 0.05) is 24.3 Å². The molecule has 2 aliphatic heterocycles. The fourth-order valence-corrected chi connectivity index (χ4v) is 3.86. The summed E-state index contributed by atoms with van der Waals surface area (Å²) in [6, 6.07) is 8.78. The molecule has 3 aromatic rings. The van der Waals surface area contributed by atoms with Gasteiger partial charge >= 0.3 is 0 Å². The first-order valence-corrected chi connectivity index (χ1v) is 10.2. The van der Waals surface area contributed by atoms with Crippen LogP contribution in [0.5, 0.6) is 11.5 Å². The van der Waals surface area contributed by atoms with E-state index in [2.05, 4.69) is 20.6 Å². The third kappa shape index (κ3) is 3.79. The van der Waals surface area contributed by atoms with Crippen molar-refractivity contribution in [2.75, 3.05) is 10.6 Å². The third-order valence-electron chi connectivity index (χ3n) is 5.36. The maximum absolute atomic E-state index is 14.1. The molecular weight excluding hydrogens is 494 g/mol. The van der Waals surface area contributed by atoms with Crippen LogP contribution in [0.3, 0.4) is 0 Å². The standard InChI is InChI=1S/C24H9F4N7O2/c1-9(6-29)23-34-19-17(10-2-13(25)32-14(26)3-10)22-20(35-24(37-22)12(7-30)8-31)18(21(19)36-23)11-4-15(27)33-16(28)5-11/h2-5,34-35H,1H3/b23-9-. The summed E-state index contributed by atoms with van der Waals surface area (Å²) in [6.45, 7) is 1.43. The summed E-state index contributed by atoms with van der Waals surface area (Å²) < 4.78 is 68.1. The molecule has 0 spiro atoms. The Labute approximate surface area is 205 Å². The first-order valence-electron chi connectivity index (χ1n) is 10.2. The van der Waals surface area contributed by atoms with Crippen LogP contribution in [0.4, 0.5) is 28.9 Å². The summed E-state index contributed by atoms with van der Waals surface area (Å²) in [6.07, 6.45) is 0. The number of nitriles is 3. The number of rotatable bonds is 2. The van der Waals surface area contributed by atoms with Gasteiger partial charge in [-0.3, -0.25) is 0 Å². The molecule has 0 saturated heterocycles. The van der Waals surface area contributed by atoms with Gasteiger partial charge in [-0.15, -0.1) is 0 Å². The summed E-state index contributed by atoms with van der Waals surface area (Å²) in [5, 5.41) is 33.6. The quantitative estimate of drug-likeness (QED) is 0.281. The molecule has 0 saturated carbocycles. The second-order valence-corrected chi connectivity index (χ2v) is 7.61. The first-order chi connectivity index (χ1) is 17.7. The number of hydrogen-bond donors (Lipinski definition) is 2. The van der Waals surface area contributed by atoms with E-state index >= 15 is 0 Å². The number of aromatic nitrogens is 2. The van der Waals surface area contributed by atoms with Gasteiger partial charge in [-0.05, 0) is 18.1 Å². The Morgan fingerprint density at radius 3 is 1.51 bits per heavy atom. The molecule has 0 fully saturated rings. The van der Waals surface area contributed by atoms with Crippen molar-refractivity contribution in [3.8, 4) is 52.0 Å². The lowest BCUT2D eigenvalue weighted by atomic mass is 9.94. The Kier molecular flexibility index (Phi) is 5.35. The highest BCUT2D eigenvalue weighted by Gasteiger charge is 2.38. The number of anilines is 2. The highest BCUT2D eigenvalue weighted by Crippen LogP contribution is 2.60. The smallest absolute Gasteiger partial charge is 0.226 e. The van der Waals surface area contributed by atoms with Gasteiger partial charge in [0.05, 0.1) is 34.1 Å². The average molecular weight is 503 g/mol. The summed E-state index contributed by atoms with van der Waals surface area (Å²) in [7, 11) is 0. The van der Waals surface area contributed by atoms with Gasteiger partial charge in [0.25, 0.3) is 0 Å². The molecule has 13 heteroatoms.